The molecule has 1 aliphatic heterocycles. The number of phenols is 2. The SMILES string of the molecule is O=[N+]([O-])c1ccc(N=Nc2cc3c(O)c(c2)Cc2cccc4c2OCCOCCOCCOCCOCCOc2c(cccc2Cc2cc(N=Nc5ccc([N+](=O)[O-])cc5)cc(c2O)C4)C3)cc1. The second-order valence-electron chi connectivity index (χ2n) is 15.8. The zero-order valence-electron chi connectivity index (χ0n) is 37.0. The standard InChI is InChI=1S/C50H48N6O12/c57-47-37-25-33-3-1-4-34-26-38-30-44(54-52-42-9-13-46(14-10-42)56(61)62)32-40(48(38)58)28-36-6-2-5-35(27-39(47)31-43(29-37)53-51-41-7-11-45(12-8-41)55(59)60)50(36)68-24-22-66-20-18-64-16-15-63-17-19-65-21-23-67-49(33)34/h1-14,29-32,57-58H,15-28H2. The van der Waals surface area contributed by atoms with Gasteiger partial charge in [-0.3, -0.25) is 20.2 Å². The van der Waals surface area contributed by atoms with Crippen molar-refractivity contribution >= 4 is 34.1 Å². The number of para-hydroxylation sites is 2. The predicted octanol–water partition coefficient (Wildman–Crippen LogP) is 10.3. The first-order valence-electron chi connectivity index (χ1n) is 22.0. The van der Waals surface area contributed by atoms with Crippen LogP contribution in [0.4, 0.5) is 34.1 Å². The Morgan fingerprint density at radius 3 is 0.956 bits per heavy atom. The molecule has 0 fully saturated rings. The van der Waals surface area contributed by atoms with Crippen molar-refractivity contribution in [1.82, 2.24) is 0 Å². The summed E-state index contributed by atoms with van der Waals surface area (Å²) in [6.45, 7) is 3.03. The maximum atomic E-state index is 12.2. The Labute approximate surface area is 390 Å². The van der Waals surface area contributed by atoms with Gasteiger partial charge in [0.05, 0.1) is 85.5 Å². The Morgan fingerprint density at radius 2 is 0.662 bits per heavy atom. The number of hydrogen-bond acceptors (Lipinski definition) is 16. The van der Waals surface area contributed by atoms with Crippen LogP contribution < -0.4 is 9.47 Å². The van der Waals surface area contributed by atoms with E-state index in [1.807, 2.05) is 36.4 Å². The lowest BCUT2D eigenvalue weighted by Crippen LogP contribution is -2.15. The summed E-state index contributed by atoms with van der Waals surface area (Å²) in [6, 6.07) is 29.9. The Bertz CT molecular complexity index is 2520. The van der Waals surface area contributed by atoms with Crippen molar-refractivity contribution in [1.29, 1.82) is 0 Å². The molecule has 68 heavy (non-hydrogen) atoms. The van der Waals surface area contributed by atoms with Crippen molar-refractivity contribution in [3.63, 3.8) is 0 Å². The van der Waals surface area contributed by atoms with E-state index in [1.54, 1.807) is 24.3 Å². The molecule has 0 amide bonds. The fraction of sp³-hybridized carbons (Fsp3) is 0.280. The second-order valence-corrected chi connectivity index (χ2v) is 15.8. The fourth-order valence-electron chi connectivity index (χ4n) is 7.84. The first-order valence-corrected chi connectivity index (χ1v) is 22.0. The number of ether oxygens (including phenoxy) is 6. The molecule has 6 aromatic carbocycles. The minimum absolute atomic E-state index is 0.0437. The van der Waals surface area contributed by atoms with E-state index < -0.39 is 9.85 Å². The van der Waals surface area contributed by atoms with Crippen LogP contribution in [0.1, 0.15) is 44.5 Å². The molecular weight excluding hydrogens is 877 g/mol. The number of phenolic OH excluding ortho intramolecular Hbond substituents is 2. The summed E-state index contributed by atoms with van der Waals surface area (Å²) >= 11 is 0. The number of fused-ring (bicyclic) bond motifs is 2. The lowest BCUT2D eigenvalue weighted by Gasteiger charge is -2.21. The molecule has 0 radical (unpaired) electrons. The Balaban J connectivity index is 1.26. The number of hydrogen-bond donors (Lipinski definition) is 2. The average molecular weight is 925 g/mol. The summed E-state index contributed by atoms with van der Waals surface area (Å²) in [5, 5.41) is 64.8. The van der Waals surface area contributed by atoms with E-state index in [0.29, 0.717) is 96.1 Å². The van der Waals surface area contributed by atoms with E-state index in [-0.39, 0.29) is 75.0 Å². The molecule has 0 aromatic heterocycles. The van der Waals surface area contributed by atoms with E-state index in [0.717, 1.165) is 22.3 Å². The van der Waals surface area contributed by atoms with Gasteiger partial charge in [-0.2, -0.15) is 20.5 Å². The van der Waals surface area contributed by atoms with Gasteiger partial charge >= 0.3 is 0 Å². The molecule has 2 N–H and O–H groups in total. The van der Waals surface area contributed by atoms with E-state index in [4.69, 9.17) is 28.4 Å². The number of rotatable bonds is 6. The van der Waals surface area contributed by atoms with Gasteiger partial charge in [0.2, 0.25) is 0 Å². The lowest BCUT2D eigenvalue weighted by molar-refractivity contribution is -0.385. The van der Waals surface area contributed by atoms with Gasteiger partial charge in [0.25, 0.3) is 11.4 Å². The molecule has 1 aliphatic carbocycles. The molecular formula is C50H48N6O12. The van der Waals surface area contributed by atoms with Crippen molar-refractivity contribution in [2.24, 2.45) is 20.5 Å². The number of benzene rings is 6. The Morgan fingerprint density at radius 1 is 0.382 bits per heavy atom. The molecule has 1 heterocycles. The molecule has 0 unspecified atom stereocenters. The highest BCUT2D eigenvalue weighted by atomic mass is 16.6. The summed E-state index contributed by atoms with van der Waals surface area (Å²) in [7, 11) is 0. The highest BCUT2D eigenvalue weighted by Crippen LogP contribution is 2.41. The van der Waals surface area contributed by atoms with Crippen LogP contribution >= 0.6 is 0 Å². The number of azo groups is 2. The molecule has 18 nitrogen and oxygen atoms in total. The second kappa shape index (κ2) is 22.7. The summed E-state index contributed by atoms with van der Waals surface area (Å²) in [5.74, 6) is 1.15. The van der Waals surface area contributed by atoms with Crippen LogP contribution in [0, 0.1) is 20.2 Å². The fourth-order valence-corrected chi connectivity index (χ4v) is 7.84. The minimum Gasteiger partial charge on any atom is -0.507 e. The molecule has 10 bridgehead atoms. The predicted molar refractivity (Wildman–Crippen MR) is 249 cm³/mol. The van der Waals surface area contributed by atoms with E-state index in [2.05, 4.69) is 20.5 Å². The third kappa shape index (κ3) is 12.2. The molecule has 0 saturated heterocycles. The van der Waals surface area contributed by atoms with Crippen molar-refractivity contribution in [2.75, 3.05) is 66.1 Å². The van der Waals surface area contributed by atoms with Crippen LogP contribution in [-0.2, 0) is 44.6 Å². The zero-order valence-corrected chi connectivity index (χ0v) is 37.0. The molecule has 8 rings (SSSR count). The van der Waals surface area contributed by atoms with Gasteiger partial charge in [-0.25, -0.2) is 0 Å². The van der Waals surface area contributed by atoms with Crippen LogP contribution in [0.25, 0.3) is 0 Å². The summed E-state index contributed by atoms with van der Waals surface area (Å²) in [5.41, 5.74) is 6.57. The van der Waals surface area contributed by atoms with Crippen LogP contribution in [-0.4, -0.2) is 86.1 Å². The number of non-ortho nitro benzene ring substituents is 2. The topological polar surface area (TPSA) is 232 Å². The van der Waals surface area contributed by atoms with Crippen LogP contribution in [0.3, 0.4) is 0 Å². The Hall–Kier alpha value is -7.64. The molecule has 350 valence electrons. The number of nitro groups is 2. The Kier molecular flexibility index (Phi) is 15.7. The lowest BCUT2D eigenvalue weighted by atomic mass is 9.91. The summed E-state index contributed by atoms with van der Waals surface area (Å²) in [4.78, 5) is 21.6. The van der Waals surface area contributed by atoms with Crippen LogP contribution in [0.2, 0.25) is 0 Å². The van der Waals surface area contributed by atoms with Crippen LogP contribution in [0.15, 0.2) is 130 Å². The largest absolute Gasteiger partial charge is 0.507 e. The third-order valence-electron chi connectivity index (χ3n) is 11.1. The zero-order chi connectivity index (χ0) is 47.2. The highest BCUT2D eigenvalue weighted by molar-refractivity contribution is 5.61. The van der Waals surface area contributed by atoms with Crippen LogP contribution in [0.5, 0.6) is 23.0 Å². The maximum Gasteiger partial charge on any atom is 0.269 e. The van der Waals surface area contributed by atoms with Gasteiger partial charge in [-0.15, -0.1) is 0 Å². The smallest absolute Gasteiger partial charge is 0.269 e. The monoisotopic (exact) mass is 924 g/mol. The first-order chi connectivity index (χ1) is 33.2. The van der Waals surface area contributed by atoms with Gasteiger partial charge in [-0.05, 0) is 70.8 Å². The molecule has 0 saturated carbocycles. The normalized spacial score (nSPS) is 15.4. The summed E-state index contributed by atoms with van der Waals surface area (Å²) < 4.78 is 36.2. The van der Waals surface area contributed by atoms with Gasteiger partial charge in [0.15, 0.2) is 0 Å². The van der Waals surface area contributed by atoms with E-state index in [9.17, 15) is 30.4 Å². The van der Waals surface area contributed by atoms with Crippen molar-refractivity contribution in [3.8, 4) is 23.0 Å². The highest BCUT2D eigenvalue weighted by Gasteiger charge is 2.22. The van der Waals surface area contributed by atoms with Crippen molar-refractivity contribution in [2.45, 2.75) is 25.7 Å². The molecule has 0 spiro atoms. The number of aromatic hydroxyl groups is 2. The van der Waals surface area contributed by atoms with Gasteiger partial charge < -0.3 is 38.6 Å². The number of nitro benzene ring substituents is 2. The van der Waals surface area contributed by atoms with Crippen molar-refractivity contribution < 1.29 is 48.5 Å². The molecule has 2 aliphatic rings. The molecule has 0 atom stereocenters. The first kappa shape index (κ1) is 46.9. The van der Waals surface area contributed by atoms with E-state index >= 15 is 0 Å². The maximum absolute atomic E-state index is 12.2. The average Bonchev–Trinajstić information content (AvgIpc) is 3.33. The quantitative estimate of drug-likeness (QED) is 0.0901. The van der Waals surface area contributed by atoms with E-state index in [1.165, 1.54) is 48.5 Å². The molecule has 6 aromatic rings. The minimum atomic E-state index is -0.483. The van der Waals surface area contributed by atoms with Gasteiger partial charge in [0, 0.05) is 72.2 Å². The van der Waals surface area contributed by atoms with Gasteiger partial charge in [0.1, 0.15) is 36.2 Å². The third-order valence-corrected chi connectivity index (χ3v) is 11.1. The number of nitrogens with zero attached hydrogens (tertiary/aromatic N) is 6. The summed E-state index contributed by atoms with van der Waals surface area (Å²) in [6.07, 6.45) is 0.782. The molecule has 18 heteroatoms. The van der Waals surface area contributed by atoms with Crippen molar-refractivity contribution in [3.05, 3.63) is 174 Å². The van der Waals surface area contributed by atoms with Gasteiger partial charge in [-0.1, -0.05) is 36.4 Å².